The topological polar surface area (TPSA) is 107 Å². The smallest absolute Gasteiger partial charge is 0.302 e. The summed E-state index contributed by atoms with van der Waals surface area (Å²) in [5, 5.41) is 17.7. The van der Waals surface area contributed by atoms with Gasteiger partial charge in [-0.15, -0.1) is 0 Å². The molecule has 98 valence electrons. The van der Waals surface area contributed by atoms with Crippen molar-refractivity contribution in [3.8, 4) is 0 Å². The molecule has 0 fully saturated rings. The summed E-state index contributed by atoms with van der Waals surface area (Å²) in [5.41, 5.74) is 0.752. The minimum Gasteiger partial charge on any atom is -0.481 e. The summed E-state index contributed by atoms with van der Waals surface area (Å²) < 4.78 is 4.72. The lowest BCUT2D eigenvalue weighted by Crippen LogP contribution is -1.98. The van der Waals surface area contributed by atoms with Gasteiger partial charge in [0.1, 0.15) is 6.61 Å². The van der Waals surface area contributed by atoms with Crippen molar-refractivity contribution < 1.29 is 24.4 Å². The third kappa shape index (κ3) is 7.80. The highest BCUT2D eigenvalue weighted by molar-refractivity contribution is 5.65. The minimum absolute atomic E-state index is 0.0246. The van der Waals surface area contributed by atoms with Crippen molar-refractivity contribution in [2.24, 2.45) is 0 Å². The molecule has 0 aliphatic heterocycles. The maximum Gasteiger partial charge on any atom is 0.302 e. The number of nitro benzene ring substituents is 1. The number of hydrogen-bond donors (Lipinski definition) is 1. The first kappa shape index (κ1) is 15.6. The average molecular weight is 255 g/mol. The van der Waals surface area contributed by atoms with Gasteiger partial charge in [-0.2, -0.15) is 0 Å². The van der Waals surface area contributed by atoms with Crippen molar-refractivity contribution in [3.63, 3.8) is 0 Å². The molecule has 0 bridgehead atoms. The SMILES string of the molecule is CC(=O)O.CC(=O)OCc1ccc([N+](=O)[O-])cc1. The van der Waals surface area contributed by atoms with Crippen LogP contribution in [-0.4, -0.2) is 22.0 Å². The largest absolute Gasteiger partial charge is 0.481 e. The van der Waals surface area contributed by atoms with Crippen LogP contribution in [0.25, 0.3) is 0 Å². The summed E-state index contributed by atoms with van der Waals surface area (Å²) in [6, 6.07) is 5.86. The van der Waals surface area contributed by atoms with Crippen LogP contribution in [0, 0.1) is 10.1 Å². The first-order chi connectivity index (χ1) is 8.32. The van der Waals surface area contributed by atoms with E-state index in [0.717, 1.165) is 12.5 Å². The Balaban J connectivity index is 0.000000631. The van der Waals surface area contributed by atoms with Crippen molar-refractivity contribution in [1.82, 2.24) is 0 Å². The molecule has 0 saturated heterocycles. The molecule has 18 heavy (non-hydrogen) atoms. The highest BCUT2D eigenvalue weighted by Crippen LogP contribution is 2.12. The van der Waals surface area contributed by atoms with Crippen LogP contribution in [0.4, 0.5) is 5.69 Å². The summed E-state index contributed by atoms with van der Waals surface area (Å²) in [7, 11) is 0. The van der Waals surface area contributed by atoms with E-state index < -0.39 is 10.9 Å². The number of non-ortho nitro benzene ring substituents is 1. The third-order valence-corrected chi connectivity index (χ3v) is 1.59. The molecule has 0 atom stereocenters. The number of ether oxygens (including phenoxy) is 1. The van der Waals surface area contributed by atoms with Gasteiger partial charge in [0.2, 0.25) is 0 Å². The van der Waals surface area contributed by atoms with Gasteiger partial charge < -0.3 is 9.84 Å². The normalized spacial score (nSPS) is 8.78. The standard InChI is InChI=1S/C9H9NO4.C2H4O2/c1-7(11)14-6-8-2-4-9(5-3-8)10(12)13;1-2(3)4/h2-5H,6H2,1H3;1H3,(H,3,4). The zero-order valence-electron chi connectivity index (χ0n) is 9.95. The Morgan fingerprint density at radius 1 is 1.28 bits per heavy atom. The van der Waals surface area contributed by atoms with Gasteiger partial charge in [0.05, 0.1) is 4.92 Å². The molecule has 1 N–H and O–H groups in total. The van der Waals surface area contributed by atoms with E-state index in [1.807, 2.05) is 0 Å². The molecular weight excluding hydrogens is 242 g/mol. The number of carbonyl (C=O) groups is 2. The van der Waals surface area contributed by atoms with E-state index in [-0.39, 0.29) is 18.3 Å². The van der Waals surface area contributed by atoms with Crippen molar-refractivity contribution in [2.75, 3.05) is 0 Å². The van der Waals surface area contributed by atoms with Gasteiger partial charge in [-0.25, -0.2) is 0 Å². The summed E-state index contributed by atoms with van der Waals surface area (Å²) in [4.78, 5) is 29.3. The van der Waals surface area contributed by atoms with E-state index in [1.54, 1.807) is 12.1 Å². The van der Waals surface area contributed by atoms with Crippen molar-refractivity contribution in [2.45, 2.75) is 20.5 Å². The fourth-order valence-corrected chi connectivity index (χ4v) is 0.899. The molecule has 0 spiro atoms. The fourth-order valence-electron chi connectivity index (χ4n) is 0.899. The predicted octanol–water partition coefficient (Wildman–Crippen LogP) is 1.75. The molecule has 1 aromatic carbocycles. The van der Waals surface area contributed by atoms with Gasteiger partial charge in [-0.3, -0.25) is 19.7 Å². The lowest BCUT2D eigenvalue weighted by molar-refractivity contribution is -0.384. The predicted molar refractivity (Wildman–Crippen MR) is 61.9 cm³/mol. The Hall–Kier alpha value is -2.44. The highest BCUT2D eigenvalue weighted by Gasteiger charge is 2.04. The number of esters is 1. The third-order valence-electron chi connectivity index (χ3n) is 1.59. The summed E-state index contributed by atoms with van der Waals surface area (Å²) in [5.74, 6) is -1.21. The van der Waals surface area contributed by atoms with Gasteiger partial charge in [0.25, 0.3) is 11.7 Å². The summed E-state index contributed by atoms with van der Waals surface area (Å²) in [6.07, 6.45) is 0. The quantitative estimate of drug-likeness (QED) is 0.501. The molecule has 0 aromatic heterocycles. The second-order valence-corrected chi connectivity index (χ2v) is 3.22. The van der Waals surface area contributed by atoms with Crippen LogP contribution >= 0.6 is 0 Å². The van der Waals surface area contributed by atoms with E-state index >= 15 is 0 Å². The van der Waals surface area contributed by atoms with Crippen LogP contribution in [0.3, 0.4) is 0 Å². The lowest BCUT2D eigenvalue weighted by Gasteiger charge is -2.00. The maximum atomic E-state index is 10.5. The number of hydrogen-bond acceptors (Lipinski definition) is 5. The molecule has 0 radical (unpaired) electrons. The van der Waals surface area contributed by atoms with E-state index in [2.05, 4.69) is 0 Å². The Morgan fingerprint density at radius 3 is 2.06 bits per heavy atom. The number of benzene rings is 1. The van der Waals surface area contributed by atoms with Gasteiger partial charge in [0.15, 0.2) is 0 Å². The number of nitro groups is 1. The molecule has 7 heteroatoms. The average Bonchev–Trinajstić information content (AvgIpc) is 2.26. The van der Waals surface area contributed by atoms with Crippen molar-refractivity contribution in [3.05, 3.63) is 39.9 Å². The Kier molecular flexibility index (Phi) is 6.72. The van der Waals surface area contributed by atoms with E-state index in [4.69, 9.17) is 14.6 Å². The van der Waals surface area contributed by atoms with Crippen LogP contribution in [-0.2, 0) is 20.9 Å². The van der Waals surface area contributed by atoms with E-state index in [1.165, 1.54) is 19.1 Å². The van der Waals surface area contributed by atoms with E-state index in [0.29, 0.717) is 0 Å². The van der Waals surface area contributed by atoms with Crippen LogP contribution in [0.15, 0.2) is 24.3 Å². The number of aliphatic carboxylic acids is 1. The molecule has 1 aromatic rings. The van der Waals surface area contributed by atoms with Crippen molar-refractivity contribution >= 4 is 17.6 Å². The lowest BCUT2D eigenvalue weighted by atomic mass is 10.2. The number of carboxylic acid groups (broad SMARTS) is 1. The monoisotopic (exact) mass is 255 g/mol. The van der Waals surface area contributed by atoms with Gasteiger partial charge >= 0.3 is 5.97 Å². The summed E-state index contributed by atoms with van der Waals surface area (Å²) in [6.45, 7) is 2.54. The number of carboxylic acids is 1. The first-order valence-corrected chi connectivity index (χ1v) is 4.89. The zero-order chi connectivity index (χ0) is 14.1. The first-order valence-electron chi connectivity index (χ1n) is 4.89. The maximum absolute atomic E-state index is 10.5. The van der Waals surface area contributed by atoms with Gasteiger partial charge in [0, 0.05) is 26.0 Å². The number of rotatable bonds is 3. The second kappa shape index (κ2) is 7.77. The van der Waals surface area contributed by atoms with Crippen LogP contribution < -0.4 is 0 Å². The van der Waals surface area contributed by atoms with E-state index in [9.17, 15) is 14.9 Å². The number of nitrogens with zero attached hydrogens (tertiary/aromatic N) is 1. The van der Waals surface area contributed by atoms with Crippen LogP contribution in [0.1, 0.15) is 19.4 Å². The zero-order valence-corrected chi connectivity index (χ0v) is 9.95. The molecule has 0 aliphatic carbocycles. The molecule has 0 unspecified atom stereocenters. The Morgan fingerprint density at radius 2 is 1.72 bits per heavy atom. The van der Waals surface area contributed by atoms with Gasteiger partial charge in [-0.1, -0.05) is 0 Å². The minimum atomic E-state index is -0.833. The Bertz CT molecular complexity index is 422. The molecule has 0 heterocycles. The molecule has 1 rings (SSSR count). The number of carbonyl (C=O) groups excluding carboxylic acids is 1. The molecule has 0 aliphatic rings. The molecule has 0 saturated carbocycles. The summed E-state index contributed by atoms with van der Waals surface area (Å²) >= 11 is 0. The van der Waals surface area contributed by atoms with Crippen LogP contribution in [0.5, 0.6) is 0 Å². The van der Waals surface area contributed by atoms with Crippen LogP contribution in [0.2, 0.25) is 0 Å². The highest BCUT2D eigenvalue weighted by atomic mass is 16.6. The molecule has 7 nitrogen and oxygen atoms in total. The fraction of sp³-hybridized carbons (Fsp3) is 0.273. The van der Waals surface area contributed by atoms with Gasteiger partial charge in [-0.05, 0) is 17.7 Å². The molecule has 0 amide bonds. The van der Waals surface area contributed by atoms with Crippen molar-refractivity contribution in [1.29, 1.82) is 0 Å². The Labute approximate surface area is 103 Å². The second-order valence-electron chi connectivity index (χ2n) is 3.22. The molecular formula is C11H13NO6.